The first-order chi connectivity index (χ1) is 5.00. The van der Waals surface area contributed by atoms with E-state index in [0.717, 1.165) is 0 Å². The average molecular weight is 158 g/mol. The molecular formula is C8H18N2O. The van der Waals surface area contributed by atoms with Crippen molar-refractivity contribution in [2.45, 2.75) is 32.9 Å². The molecule has 0 heterocycles. The Morgan fingerprint density at radius 1 is 1.36 bits per heavy atom. The summed E-state index contributed by atoms with van der Waals surface area (Å²) in [5.41, 5.74) is 0. The van der Waals surface area contributed by atoms with Gasteiger partial charge in [0.05, 0.1) is 6.04 Å². The van der Waals surface area contributed by atoms with Gasteiger partial charge >= 0.3 is 0 Å². The van der Waals surface area contributed by atoms with Gasteiger partial charge in [-0.15, -0.1) is 0 Å². The van der Waals surface area contributed by atoms with Crippen molar-refractivity contribution in [1.29, 1.82) is 0 Å². The third-order valence-electron chi connectivity index (χ3n) is 1.93. The van der Waals surface area contributed by atoms with E-state index in [0.29, 0.717) is 0 Å². The number of rotatable bonds is 3. The van der Waals surface area contributed by atoms with Gasteiger partial charge in [0.25, 0.3) is 0 Å². The first-order valence-corrected chi connectivity index (χ1v) is 3.94. The van der Waals surface area contributed by atoms with E-state index in [4.69, 9.17) is 0 Å². The number of likely N-dealkylation sites (N-methyl/N-ethyl adjacent to an activating group) is 2. The number of amides is 1. The molecule has 1 N–H and O–H groups in total. The van der Waals surface area contributed by atoms with Crippen LogP contribution >= 0.6 is 0 Å². The zero-order chi connectivity index (χ0) is 9.02. The van der Waals surface area contributed by atoms with Crippen molar-refractivity contribution in [3.63, 3.8) is 0 Å². The molecular weight excluding hydrogens is 140 g/mol. The van der Waals surface area contributed by atoms with Crippen molar-refractivity contribution >= 4 is 5.91 Å². The molecule has 11 heavy (non-hydrogen) atoms. The quantitative estimate of drug-likeness (QED) is 0.647. The highest BCUT2D eigenvalue weighted by atomic mass is 16.2. The summed E-state index contributed by atoms with van der Waals surface area (Å²) >= 11 is 0. The summed E-state index contributed by atoms with van der Waals surface area (Å²) in [6.07, 6.45) is 0. The molecule has 0 saturated heterocycles. The molecule has 0 bridgehead atoms. The largest absolute Gasteiger partial charge is 0.342 e. The van der Waals surface area contributed by atoms with Crippen LogP contribution < -0.4 is 5.32 Å². The van der Waals surface area contributed by atoms with E-state index in [2.05, 4.69) is 5.32 Å². The van der Waals surface area contributed by atoms with Crippen LogP contribution in [-0.2, 0) is 4.79 Å². The predicted molar refractivity (Wildman–Crippen MR) is 46.4 cm³/mol. The Morgan fingerprint density at radius 2 is 1.82 bits per heavy atom. The maximum absolute atomic E-state index is 11.4. The first kappa shape index (κ1) is 10.4. The minimum atomic E-state index is -0.0811. The summed E-state index contributed by atoms with van der Waals surface area (Å²) in [6.45, 7) is 5.86. The lowest BCUT2D eigenvalue weighted by Gasteiger charge is -2.24. The van der Waals surface area contributed by atoms with E-state index in [1.54, 1.807) is 11.9 Å². The van der Waals surface area contributed by atoms with Gasteiger partial charge in [-0.1, -0.05) is 0 Å². The second-order valence-corrected chi connectivity index (χ2v) is 3.05. The van der Waals surface area contributed by atoms with Crippen LogP contribution in [0.1, 0.15) is 20.8 Å². The SMILES string of the molecule is CNC(C)C(=O)N(C)C(C)C. The van der Waals surface area contributed by atoms with E-state index in [1.165, 1.54) is 0 Å². The normalized spacial score (nSPS) is 13.3. The third-order valence-corrected chi connectivity index (χ3v) is 1.93. The first-order valence-electron chi connectivity index (χ1n) is 3.94. The molecule has 0 saturated carbocycles. The van der Waals surface area contributed by atoms with E-state index in [9.17, 15) is 4.79 Å². The van der Waals surface area contributed by atoms with Gasteiger partial charge in [0.2, 0.25) is 5.91 Å². The van der Waals surface area contributed by atoms with Crippen LogP contribution in [0.25, 0.3) is 0 Å². The van der Waals surface area contributed by atoms with Crippen molar-refractivity contribution in [3.05, 3.63) is 0 Å². The molecule has 0 aliphatic heterocycles. The van der Waals surface area contributed by atoms with Gasteiger partial charge in [-0.3, -0.25) is 4.79 Å². The van der Waals surface area contributed by atoms with Gasteiger partial charge in [-0.2, -0.15) is 0 Å². The molecule has 3 heteroatoms. The lowest BCUT2D eigenvalue weighted by Crippen LogP contribution is -2.44. The molecule has 0 radical (unpaired) electrons. The monoisotopic (exact) mass is 158 g/mol. The smallest absolute Gasteiger partial charge is 0.239 e. The second-order valence-electron chi connectivity index (χ2n) is 3.05. The maximum Gasteiger partial charge on any atom is 0.239 e. The Morgan fingerprint density at radius 3 is 2.09 bits per heavy atom. The zero-order valence-corrected chi connectivity index (χ0v) is 8.01. The highest BCUT2D eigenvalue weighted by molar-refractivity contribution is 5.81. The molecule has 0 aromatic rings. The summed E-state index contributed by atoms with van der Waals surface area (Å²) in [6, 6.07) is 0.195. The van der Waals surface area contributed by atoms with E-state index < -0.39 is 0 Å². The fourth-order valence-electron chi connectivity index (χ4n) is 0.683. The second kappa shape index (κ2) is 4.34. The molecule has 0 fully saturated rings. The molecule has 0 aliphatic rings. The lowest BCUT2D eigenvalue weighted by molar-refractivity contribution is -0.133. The molecule has 0 aromatic carbocycles. The van der Waals surface area contributed by atoms with E-state index in [-0.39, 0.29) is 18.0 Å². The molecule has 3 nitrogen and oxygen atoms in total. The molecule has 0 aromatic heterocycles. The topological polar surface area (TPSA) is 32.3 Å². The van der Waals surface area contributed by atoms with Crippen molar-refractivity contribution in [3.8, 4) is 0 Å². The number of nitrogens with one attached hydrogen (secondary N) is 1. The van der Waals surface area contributed by atoms with Crippen LogP contribution in [0.3, 0.4) is 0 Å². The van der Waals surface area contributed by atoms with Crippen LogP contribution in [0, 0.1) is 0 Å². The Kier molecular flexibility index (Phi) is 4.11. The summed E-state index contributed by atoms with van der Waals surface area (Å²) in [7, 11) is 3.61. The molecule has 1 unspecified atom stereocenters. The molecule has 0 spiro atoms. The Labute approximate surface area is 68.8 Å². The van der Waals surface area contributed by atoms with Crippen LogP contribution in [-0.4, -0.2) is 37.0 Å². The van der Waals surface area contributed by atoms with Crippen LogP contribution in [0.4, 0.5) is 0 Å². The predicted octanol–water partition coefficient (Wildman–Crippen LogP) is 0.461. The number of nitrogens with zero attached hydrogens (tertiary/aromatic N) is 1. The summed E-state index contributed by atoms with van der Waals surface area (Å²) in [5.74, 6) is 0.141. The van der Waals surface area contributed by atoms with Crippen molar-refractivity contribution < 1.29 is 4.79 Å². The van der Waals surface area contributed by atoms with Crippen molar-refractivity contribution in [2.75, 3.05) is 14.1 Å². The lowest BCUT2D eigenvalue weighted by atomic mass is 10.2. The van der Waals surface area contributed by atoms with Gasteiger partial charge in [0.15, 0.2) is 0 Å². The van der Waals surface area contributed by atoms with Crippen LogP contribution in [0.5, 0.6) is 0 Å². The third kappa shape index (κ3) is 2.89. The van der Waals surface area contributed by atoms with Gasteiger partial charge in [0, 0.05) is 13.1 Å². The molecule has 0 rings (SSSR count). The number of carbonyl (C=O) groups is 1. The summed E-state index contributed by atoms with van der Waals surface area (Å²) in [4.78, 5) is 13.1. The van der Waals surface area contributed by atoms with Gasteiger partial charge in [-0.05, 0) is 27.8 Å². The Balaban J connectivity index is 4.02. The Bertz CT molecular complexity index is 134. The summed E-state index contributed by atoms with van der Waals surface area (Å²) in [5, 5.41) is 2.91. The van der Waals surface area contributed by atoms with E-state index >= 15 is 0 Å². The fraction of sp³-hybridized carbons (Fsp3) is 0.875. The maximum atomic E-state index is 11.4. The van der Waals surface area contributed by atoms with Gasteiger partial charge in [-0.25, -0.2) is 0 Å². The highest BCUT2D eigenvalue weighted by Crippen LogP contribution is 1.97. The van der Waals surface area contributed by atoms with E-state index in [1.807, 2.05) is 27.8 Å². The Hall–Kier alpha value is -0.570. The van der Waals surface area contributed by atoms with Gasteiger partial charge in [0.1, 0.15) is 0 Å². The number of hydrogen-bond donors (Lipinski definition) is 1. The zero-order valence-electron chi connectivity index (χ0n) is 8.01. The fourth-order valence-corrected chi connectivity index (χ4v) is 0.683. The molecule has 1 amide bonds. The summed E-state index contributed by atoms with van der Waals surface area (Å²) < 4.78 is 0. The van der Waals surface area contributed by atoms with Crippen LogP contribution in [0.15, 0.2) is 0 Å². The standard InChI is InChI=1S/C8H18N2O/c1-6(2)10(5)8(11)7(3)9-4/h6-7,9H,1-5H3. The number of hydrogen-bond acceptors (Lipinski definition) is 2. The highest BCUT2D eigenvalue weighted by Gasteiger charge is 2.16. The van der Waals surface area contributed by atoms with Gasteiger partial charge < -0.3 is 10.2 Å². The minimum absolute atomic E-state index is 0.0811. The molecule has 1 atom stereocenters. The van der Waals surface area contributed by atoms with Crippen LogP contribution in [0.2, 0.25) is 0 Å². The minimum Gasteiger partial charge on any atom is -0.342 e. The molecule has 0 aliphatic carbocycles. The average Bonchev–Trinajstić information content (AvgIpc) is 2.00. The molecule has 66 valence electrons. The number of carbonyl (C=O) groups excluding carboxylic acids is 1. The van der Waals surface area contributed by atoms with Crippen molar-refractivity contribution in [1.82, 2.24) is 10.2 Å². The van der Waals surface area contributed by atoms with Crippen molar-refractivity contribution in [2.24, 2.45) is 0 Å².